The first-order chi connectivity index (χ1) is 6.68. The third-order valence-corrected chi connectivity index (χ3v) is 2.35. The fourth-order valence-electron chi connectivity index (χ4n) is 0.901. The molecule has 2 amide bonds. The number of aromatic nitrogens is 1. The van der Waals surface area contributed by atoms with Crippen molar-refractivity contribution in [1.82, 2.24) is 10.3 Å². The topological polar surface area (TPSA) is 54.0 Å². The molecule has 4 nitrogen and oxygen atoms in total. The van der Waals surface area contributed by atoms with E-state index in [1.807, 2.05) is 5.38 Å². The van der Waals surface area contributed by atoms with Gasteiger partial charge in [-0.25, -0.2) is 9.78 Å². The molecule has 14 heavy (non-hydrogen) atoms. The minimum atomic E-state index is -0.180. The Morgan fingerprint density at radius 1 is 1.64 bits per heavy atom. The summed E-state index contributed by atoms with van der Waals surface area (Å²) in [4.78, 5) is 15.2. The summed E-state index contributed by atoms with van der Waals surface area (Å²) in [5.41, 5.74) is 0. The highest BCUT2D eigenvalue weighted by atomic mass is 32.1. The second-order valence-electron chi connectivity index (χ2n) is 3.40. The van der Waals surface area contributed by atoms with Crippen LogP contribution >= 0.6 is 11.3 Å². The quantitative estimate of drug-likeness (QED) is 0.806. The molecule has 1 aromatic rings. The van der Waals surface area contributed by atoms with E-state index in [1.54, 1.807) is 6.20 Å². The van der Waals surface area contributed by atoms with Crippen molar-refractivity contribution in [3.8, 4) is 0 Å². The van der Waals surface area contributed by atoms with E-state index in [2.05, 4.69) is 29.5 Å². The van der Waals surface area contributed by atoms with E-state index in [-0.39, 0.29) is 6.03 Å². The molecule has 0 atom stereocenters. The molecular formula is C9H15N3OS. The molecule has 1 rings (SSSR count). The summed E-state index contributed by atoms with van der Waals surface area (Å²) in [6.07, 6.45) is 2.65. The molecule has 0 bridgehead atoms. The second-order valence-corrected chi connectivity index (χ2v) is 4.30. The molecule has 0 radical (unpaired) electrons. The fraction of sp³-hybridized carbons (Fsp3) is 0.556. The summed E-state index contributed by atoms with van der Waals surface area (Å²) < 4.78 is 0. The van der Waals surface area contributed by atoms with Crippen molar-refractivity contribution in [3.05, 3.63) is 11.6 Å². The number of urea groups is 1. The first kappa shape index (κ1) is 11.0. The van der Waals surface area contributed by atoms with Gasteiger partial charge in [0.15, 0.2) is 5.13 Å². The zero-order valence-electron chi connectivity index (χ0n) is 8.41. The van der Waals surface area contributed by atoms with Crippen molar-refractivity contribution in [2.24, 2.45) is 5.92 Å². The van der Waals surface area contributed by atoms with Gasteiger partial charge in [-0.2, -0.15) is 0 Å². The molecule has 5 heteroatoms. The zero-order chi connectivity index (χ0) is 10.4. The van der Waals surface area contributed by atoms with Crippen molar-refractivity contribution in [2.45, 2.75) is 20.3 Å². The van der Waals surface area contributed by atoms with E-state index < -0.39 is 0 Å². The lowest BCUT2D eigenvalue weighted by molar-refractivity contribution is 0.251. The maximum absolute atomic E-state index is 11.2. The Kier molecular flexibility index (Phi) is 4.39. The SMILES string of the molecule is CC(C)CCNC(=O)Nc1nccs1. The van der Waals surface area contributed by atoms with Crippen LogP contribution in [-0.4, -0.2) is 17.6 Å². The molecular weight excluding hydrogens is 198 g/mol. The molecule has 1 heterocycles. The van der Waals surface area contributed by atoms with Crippen LogP contribution in [0.25, 0.3) is 0 Å². The van der Waals surface area contributed by atoms with Crippen molar-refractivity contribution >= 4 is 22.5 Å². The Bertz CT molecular complexity index is 272. The van der Waals surface area contributed by atoms with Gasteiger partial charge in [0, 0.05) is 18.1 Å². The van der Waals surface area contributed by atoms with E-state index in [1.165, 1.54) is 11.3 Å². The van der Waals surface area contributed by atoms with Gasteiger partial charge in [-0.3, -0.25) is 5.32 Å². The third kappa shape index (κ3) is 4.23. The van der Waals surface area contributed by atoms with Gasteiger partial charge in [0.2, 0.25) is 0 Å². The Labute approximate surface area is 87.7 Å². The van der Waals surface area contributed by atoms with Gasteiger partial charge in [0.05, 0.1) is 0 Å². The van der Waals surface area contributed by atoms with Crippen LogP contribution in [0.3, 0.4) is 0 Å². The maximum atomic E-state index is 11.2. The number of nitrogens with one attached hydrogen (secondary N) is 2. The first-order valence-corrected chi connectivity index (χ1v) is 5.51. The molecule has 0 saturated heterocycles. The smallest absolute Gasteiger partial charge is 0.321 e. The van der Waals surface area contributed by atoms with Crippen LogP contribution in [0.4, 0.5) is 9.93 Å². The van der Waals surface area contributed by atoms with Gasteiger partial charge < -0.3 is 5.32 Å². The maximum Gasteiger partial charge on any atom is 0.321 e. The monoisotopic (exact) mass is 213 g/mol. The molecule has 0 aromatic carbocycles. The van der Waals surface area contributed by atoms with Crippen LogP contribution in [0.2, 0.25) is 0 Å². The molecule has 0 unspecified atom stereocenters. The summed E-state index contributed by atoms with van der Waals surface area (Å²) in [5.74, 6) is 0.607. The van der Waals surface area contributed by atoms with E-state index in [0.29, 0.717) is 17.6 Å². The number of carbonyl (C=O) groups is 1. The number of thiazole rings is 1. The van der Waals surface area contributed by atoms with Gasteiger partial charge in [0.1, 0.15) is 0 Å². The van der Waals surface area contributed by atoms with Crippen molar-refractivity contribution in [2.75, 3.05) is 11.9 Å². The third-order valence-electron chi connectivity index (χ3n) is 1.66. The van der Waals surface area contributed by atoms with E-state index in [4.69, 9.17) is 0 Å². The Morgan fingerprint density at radius 3 is 3.00 bits per heavy atom. The fourth-order valence-corrected chi connectivity index (χ4v) is 1.42. The first-order valence-electron chi connectivity index (χ1n) is 4.63. The van der Waals surface area contributed by atoms with Crippen LogP contribution in [0.1, 0.15) is 20.3 Å². The van der Waals surface area contributed by atoms with E-state index in [9.17, 15) is 4.79 Å². The minimum Gasteiger partial charge on any atom is -0.338 e. The van der Waals surface area contributed by atoms with Crippen LogP contribution in [0.5, 0.6) is 0 Å². The van der Waals surface area contributed by atoms with E-state index >= 15 is 0 Å². The number of hydrogen-bond donors (Lipinski definition) is 2. The van der Waals surface area contributed by atoms with Crippen molar-refractivity contribution in [1.29, 1.82) is 0 Å². The van der Waals surface area contributed by atoms with Crippen LogP contribution in [0.15, 0.2) is 11.6 Å². The van der Waals surface area contributed by atoms with Gasteiger partial charge >= 0.3 is 6.03 Å². The predicted octanol–water partition coefficient (Wildman–Crippen LogP) is 2.31. The van der Waals surface area contributed by atoms with E-state index in [0.717, 1.165) is 6.42 Å². The summed E-state index contributed by atoms with van der Waals surface area (Å²) in [7, 11) is 0. The molecule has 0 aliphatic carbocycles. The molecule has 0 aliphatic rings. The summed E-state index contributed by atoms with van der Waals surface area (Å²) in [6.45, 7) is 4.95. The molecule has 78 valence electrons. The minimum absolute atomic E-state index is 0.180. The summed E-state index contributed by atoms with van der Waals surface area (Å²) in [5, 5.41) is 7.88. The summed E-state index contributed by atoms with van der Waals surface area (Å²) in [6, 6.07) is -0.180. The van der Waals surface area contributed by atoms with Gasteiger partial charge in [-0.15, -0.1) is 11.3 Å². The number of anilines is 1. The number of amides is 2. The molecule has 0 fully saturated rings. The largest absolute Gasteiger partial charge is 0.338 e. The molecule has 2 N–H and O–H groups in total. The Hall–Kier alpha value is -1.10. The summed E-state index contributed by atoms with van der Waals surface area (Å²) >= 11 is 1.41. The van der Waals surface area contributed by atoms with Crippen LogP contribution in [0, 0.1) is 5.92 Å². The number of carbonyl (C=O) groups excluding carboxylic acids is 1. The molecule has 0 saturated carbocycles. The lowest BCUT2D eigenvalue weighted by Gasteiger charge is -2.06. The number of hydrogen-bond acceptors (Lipinski definition) is 3. The molecule has 0 aliphatic heterocycles. The number of rotatable bonds is 4. The Balaban J connectivity index is 2.17. The molecule has 0 spiro atoms. The lowest BCUT2D eigenvalue weighted by Crippen LogP contribution is -2.30. The zero-order valence-corrected chi connectivity index (χ0v) is 9.23. The Morgan fingerprint density at radius 2 is 2.43 bits per heavy atom. The average Bonchev–Trinajstić information content (AvgIpc) is 2.56. The predicted molar refractivity (Wildman–Crippen MR) is 58.6 cm³/mol. The molecule has 1 aromatic heterocycles. The van der Waals surface area contributed by atoms with Gasteiger partial charge in [0.25, 0.3) is 0 Å². The average molecular weight is 213 g/mol. The van der Waals surface area contributed by atoms with Crippen LogP contribution < -0.4 is 10.6 Å². The normalized spacial score (nSPS) is 10.2. The highest BCUT2D eigenvalue weighted by Crippen LogP contribution is 2.09. The van der Waals surface area contributed by atoms with Crippen molar-refractivity contribution < 1.29 is 4.79 Å². The second kappa shape index (κ2) is 5.59. The van der Waals surface area contributed by atoms with Gasteiger partial charge in [-0.05, 0) is 12.3 Å². The highest BCUT2D eigenvalue weighted by molar-refractivity contribution is 7.13. The van der Waals surface area contributed by atoms with Crippen LogP contribution in [-0.2, 0) is 0 Å². The van der Waals surface area contributed by atoms with Crippen molar-refractivity contribution in [3.63, 3.8) is 0 Å². The van der Waals surface area contributed by atoms with Gasteiger partial charge in [-0.1, -0.05) is 13.8 Å². The standard InChI is InChI=1S/C9H15N3OS/c1-7(2)3-4-10-8(13)12-9-11-5-6-14-9/h5-7H,3-4H2,1-2H3,(H2,10,11,12,13). The lowest BCUT2D eigenvalue weighted by atomic mass is 10.1. The number of nitrogens with zero attached hydrogens (tertiary/aromatic N) is 1. The highest BCUT2D eigenvalue weighted by Gasteiger charge is 2.02.